The molecule has 10 heteroatoms. The van der Waals surface area contributed by atoms with Crippen molar-refractivity contribution in [1.82, 2.24) is 29.9 Å². The van der Waals surface area contributed by atoms with Crippen molar-refractivity contribution in [3.8, 4) is 17.1 Å². The minimum absolute atomic E-state index is 0.0816. The van der Waals surface area contributed by atoms with Crippen LogP contribution in [-0.2, 0) is 5.60 Å². The maximum atomic E-state index is 14.6. The number of nitrogens with one attached hydrogen (secondary N) is 2. The average molecular weight is 401 g/mol. The predicted molar refractivity (Wildman–Crippen MR) is 105 cm³/mol. The zero-order chi connectivity index (χ0) is 20.6. The van der Waals surface area contributed by atoms with Gasteiger partial charge in [0.05, 0.1) is 19.5 Å². The van der Waals surface area contributed by atoms with Crippen LogP contribution in [0.3, 0.4) is 0 Å². The van der Waals surface area contributed by atoms with Gasteiger partial charge >= 0.3 is 0 Å². The molecule has 1 unspecified atom stereocenters. The Labute approximate surface area is 167 Å². The van der Waals surface area contributed by atoms with Crippen LogP contribution in [-0.4, -0.2) is 55.9 Å². The molecular formula is C19H24FN7O2. The van der Waals surface area contributed by atoms with Gasteiger partial charge in [0.2, 0.25) is 5.95 Å². The number of piperidine rings is 1. The Balaban J connectivity index is 1.76. The first kappa shape index (κ1) is 19.5. The fourth-order valence-electron chi connectivity index (χ4n) is 3.41. The van der Waals surface area contributed by atoms with E-state index >= 15 is 0 Å². The van der Waals surface area contributed by atoms with E-state index in [9.17, 15) is 9.50 Å². The molecule has 1 fully saturated rings. The average Bonchev–Trinajstić information content (AvgIpc) is 3.11. The van der Waals surface area contributed by atoms with Gasteiger partial charge in [0.15, 0.2) is 11.5 Å². The van der Waals surface area contributed by atoms with Crippen molar-refractivity contribution in [1.29, 1.82) is 0 Å². The van der Waals surface area contributed by atoms with Gasteiger partial charge in [0, 0.05) is 18.7 Å². The van der Waals surface area contributed by atoms with Gasteiger partial charge in [0.25, 0.3) is 0 Å². The lowest BCUT2D eigenvalue weighted by Crippen LogP contribution is -2.38. The molecule has 3 aromatic rings. The highest BCUT2D eigenvalue weighted by Gasteiger charge is 2.26. The molecule has 4 rings (SSSR count). The molecule has 0 aliphatic carbocycles. The van der Waals surface area contributed by atoms with E-state index in [4.69, 9.17) is 4.74 Å². The van der Waals surface area contributed by atoms with Gasteiger partial charge in [-0.3, -0.25) is 0 Å². The number of rotatable bonds is 5. The third kappa shape index (κ3) is 3.85. The molecule has 0 aromatic carbocycles. The van der Waals surface area contributed by atoms with Gasteiger partial charge in [-0.25, -0.2) is 23.9 Å². The smallest absolute Gasteiger partial charge is 0.223 e. The second-order valence-corrected chi connectivity index (χ2v) is 7.61. The van der Waals surface area contributed by atoms with E-state index in [1.54, 1.807) is 19.9 Å². The fraction of sp³-hybridized carbons (Fsp3) is 0.474. The minimum atomic E-state index is -1.26. The van der Waals surface area contributed by atoms with Crippen molar-refractivity contribution in [2.75, 3.05) is 25.5 Å². The zero-order valence-electron chi connectivity index (χ0n) is 16.6. The van der Waals surface area contributed by atoms with Gasteiger partial charge in [-0.05, 0) is 33.2 Å². The van der Waals surface area contributed by atoms with Crippen LogP contribution in [0.1, 0.15) is 32.4 Å². The maximum absolute atomic E-state index is 14.6. The monoisotopic (exact) mass is 401 g/mol. The van der Waals surface area contributed by atoms with Gasteiger partial charge in [-0.15, -0.1) is 0 Å². The van der Waals surface area contributed by atoms with E-state index in [1.165, 1.54) is 17.8 Å². The van der Waals surface area contributed by atoms with E-state index in [2.05, 4.69) is 30.7 Å². The Hall–Kier alpha value is -2.85. The van der Waals surface area contributed by atoms with Crippen LogP contribution in [0, 0.1) is 5.82 Å². The second kappa shape index (κ2) is 7.53. The third-order valence-electron chi connectivity index (χ3n) is 4.87. The van der Waals surface area contributed by atoms with Crippen LogP contribution in [0.5, 0.6) is 5.75 Å². The summed E-state index contributed by atoms with van der Waals surface area (Å²) in [5.74, 6) is 0.167. The molecule has 0 amide bonds. The van der Waals surface area contributed by atoms with Crippen LogP contribution in [0.25, 0.3) is 17.0 Å². The molecule has 1 atom stereocenters. The molecule has 9 nitrogen and oxygen atoms in total. The van der Waals surface area contributed by atoms with E-state index in [0.717, 1.165) is 32.1 Å². The highest BCUT2D eigenvalue weighted by atomic mass is 19.1. The maximum Gasteiger partial charge on any atom is 0.223 e. The summed E-state index contributed by atoms with van der Waals surface area (Å²) in [4.78, 5) is 12.7. The summed E-state index contributed by atoms with van der Waals surface area (Å²) in [6.45, 7) is 5.01. The predicted octanol–water partition coefficient (Wildman–Crippen LogP) is 1.73. The van der Waals surface area contributed by atoms with Crippen molar-refractivity contribution in [3.05, 3.63) is 30.0 Å². The molecule has 0 spiro atoms. The highest BCUT2D eigenvalue weighted by molar-refractivity contribution is 5.62. The lowest BCUT2D eigenvalue weighted by Gasteiger charge is -2.23. The van der Waals surface area contributed by atoms with E-state index in [-0.39, 0.29) is 11.7 Å². The number of aliphatic hydroxyl groups is 1. The van der Waals surface area contributed by atoms with Crippen molar-refractivity contribution >= 4 is 11.6 Å². The molecule has 154 valence electrons. The Kier molecular flexibility index (Phi) is 5.05. The Morgan fingerprint density at radius 2 is 2.17 bits per heavy atom. The molecule has 1 saturated heterocycles. The largest absolute Gasteiger partial charge is 0.495 e. The summed E-state index contributed by atoms with van der Waals surface area (Å²) >= 11 is 0. The third-order valence-corrected chi connectivity index (χ3v) is 4.87. The number of fused-ring (bicyclic) bond motifs is 1. The minimum Gasteiger partial charge on any atom is -0.495 e. The number of nitrogens with zero attached hydrogens (tertiary/aromatic N) is 5. The number of hydrogen-bond donors (Lipinski definition) is 3. The summed E-state index contributed by atoms with van der Waals surface area (Å²) in [5, 5.41) is 21.5. The molecule has 3 aromatic heterocycles. The quantitative estimate of drug-likeness (QED) is 0.593. The topological polar surface area (TPSA) is 109 Å². The zero-order valence-corrected chi connectivity index (χ0v) is 16.6. The SMILES string of the molecule is COc1cc2ncc(-c3nc(NC4CCCNC4)ncc3F)n2nc1C(C)(C)O. The lowest BCUT2D eigenvalue weighted by molar-refractivity contribution is 0.0694. The number of methoxy groups -OCH3 is 1. The highest BCUT2D eigenvalue weighted by Crippen LogP contribution is 2.30. The van der Waals surface area contributed by atoms with Gasteiger partial charge < -0.3 is 20.5 Å². The standard InChI is InChI=1S/C19H24FN7O2/c1-19(2,28)17-14(29-3)7-15-22-10-13(27(15)26-17)16-12(20)9-23-18(25-16)24-11-5-4-6-21-8-11/h7,9-11,21,28H,4-6,8H2,1-3H3,(H,23,24,25). The van der Waals surface area contributed by atoms with Gasteiger partial charge in [-0.1, -0.05) is 0 Å². The molecule has 0 radical (unpaired) electrons. The molecule has 1 aliphatic heterocycles. The van der Waals surface area contributed by atoms with Crippen LogP contribution >= 0.6 is 0 Å². The number of halogens is 1. The Morgan fingerprint density at radius 1 is 1.34 bits per heavy atom. The van der Waals surface area contributed by atoms with Crippen LogP contribution in [0.4, 0.5) is 10.3 Å². The fourth-order valence-corrected chi connectivity index (χ4v) is 3.41. The molecule has 4 heterocycles. The summed E-state index contributed by atoms with van der Waals surface area (Å²) < 4.78 is 21.4. The first-order chi connectivity index (χ1) is 13.9. The molecule has 29 heavy (non-hydrogen) atoms. The van der Waals surface area contributed by atoms with Gasteiger partial charge in [0.1, 0.15) is 28.4 Å². The number of ether oxygens (including phenoxy) is 1. The van der Waals surface area contributed by atoms with Gasteiger partial charge in [-0.2, -0.15) is 5.10 Å². The second-order valence-electron chi connectivity index (χ2n) is 7.61. The number of anilines is 1. The van der Waals surface area contributed by atoms with E-state index in [1.807, 2.05) is 0 Å². The summed E-state index contributed by atoms with van der Waals surface area (Å²) in [6, 6.07) is 1.84. The van der Waals surface area contributed by atoms with Crippen molar-refractivity contribution in [2.45, 2.75) is 38.3 Å². The summed E-state index contributed by atoms with van der Waals surface area (Å²) in [6.07, 6.45) is 4.69. The first-order valence-corrected chi connectivity index (χ1v) is 9.52. The first-order valence-electron chi connectivity index (χ1n) is 9.52. The molecule has 0 saturated carbocycles. The van der Waals surface area contributed by atoms with E-state index < -0.39 is 11.4 Å². The van der Waals surface area contributed by atoms with Crippen LogP contribution in [0.2, 0.25) is 0 Å². The number of imidazole rings is 1. The van der Waals surface area contributed by atoms with Crippen LogP contribution in [0.15, 0.2) is 18.5 Å². The molecular weight excluding hydrogens is 377 g/mol. The van der Waals surface area contributed by atoms with Crippen molar-refractivity contribution in [2.24, 2.45) is 0 Å². The Bertz CT molecular complexity index is 1030. The number of hydrogen-bond acceptors (Lipinski definition) is 8. The van der Waals surface area contributed by atoms with E-state index in [0.29, 0.717) is 28.7 Å². The van der Waals surface area contributed by atoms with Crippen molar-refractivity contribution < 1.29 is 14.2 Å². The normalized spacial score (nSPS) is 17.5. The van der Waals surface area contributed by atoms with Crippen LogP contribution < -0.4 is 15.4 Å². The summed E-state index contributed by atoms with van der Waals surface area (Å²) in [7, 11) is 1.49. The summed E-state index contributed by atoms with van der Waals surface area (Å²) in [5.41, 5.74) is -0.0517. The molecule has 1 aliphatic rings. The molecule has 0 bridgehead atoms. The Morgan fingerprint density at radius 3 is 2.86 bits per heavy atom. The molecule has 3 N–H and O–H groups in total. The lowest BCUT2D eigenvalue weighted by atomic mass is 10.0. The number of aromatic nitrogens is 5. The van der Waals surface area contributed by atoms with Crippen molar-refractivity contribution in [3.63, 3.8) is 0 Å².